The van der Waals surface area contributed by atoms with E-state index in [0.717, 1.165) is 18.0 Å². The first-order valence-electron chi connectivity index (χ1n) is 10.7. The van der Waals surface area contributed by atoms with Crippen LogP contribution < -0.4 is 20.5 Å². The van der Waals surface area contributed by atoms with E-state index in [0.29, 0.717) is 24.3 Å². The van der Waals surface area contributed by atoms with Gasteiger partial charge in [0.25, 0.3) is 0 Å². The van der Waals surface area contributed by atoms with Gasteiger partial charge in [0.2, 0.25) is 0 Å². The minimum absolute atomic E-state index is 0. The molecule has 0 saturated heterocycles. The van der Waals surface area contributed by atoms with Crippen LogP contribution in [0.1, 0.15) is 43.2 Å². The van der Waals surface area contributed by atoms with Gasteiger partial charge in [-0.2, -0.15) is 0 Å². The Morgan fingerprint density at radius 3 is 2.45 bits per heavy atom. The first kappa shape index (κ1) is 25.3. The number of methoxy groups -OCH3 is 2. The third kappa shape index (κ3) is 7.28. The summed E-state index contributed by atoms with van der Waals surface area (Å²) in [6, 6.07) is 14.7. The van der Waals surface area contributed by atoms with Crippen LogP contribution in [0.15, 0.2) is 47.5 Å². The second kappa shape index (κ2) is 12.8. The molecule has 1 aliphatic rings. The molecule has 0 spiro atoms. The van der Waals surface area contributed by atoms with Gasteiger partial charge in [-0.1, -0.05) is 43.5 Å². The van der Waals surface area contributed by atoms with Gasteiger partial charge in [-0.25, -0.2) is 4.99 Å². The fraction of sp³-hybridized carbons (Fsp3) is 0.458. The lowest BCUT2D eigenvalue weighted by Gasteiger charge is -2.31. The molecule has 31 heavy (non-hydrogen) atoms. The van der Waals surface area contributed by atoms with Gasteiger partial charge in [0, 0.05) is 18.7 Å². The number of nitrogens with zero attached hydrogens (tertiary/aromatic N) is 2. The van der Waals surface area contributed by atoms with Gasteiger partial charge in [-0.3, -0.25) is 4.90 Å². The van der Waals surface area contributed by atoms with Crippen LogP contribution in [0.3, 0.4) is 0 Å². The van der Waals surface area contributed by atoms with Crippen LogP contribution in [-0.2, 0) is 13.1 Å². The third-order valence-corrected chi connectivity index (χ3v) is 5.83. The van der Waals surface area contributed by atoms with Crippen LogP contribution in [0.4, 0.5) is 5.69 Å². The maximum absolute atomic E-state index is 6.17. The lowest BCUT2D eigenvalue weighted by molar-refractivity contribution is 0.184. The Balaban J connectivity index is 0.00000341. The Morgan fingerprint density at radius 2 is 1.77 bits per heavy atom. The number of nitrogens with two attached hydrogens (primary N) is 1. The van der Waals surface area contributed by atoms with Crippen LogP contribution in [-0.4, -0.2) is 38.2 Å². The van der Waals surface area contributed by atoms with Gasteiger partial charge in [0.15, 0.2) is 5.96 Å². The van der Waals surface area contributed by atoms with Crippen molar-refractivity contribution in [3.63, 3.8) is 0 Å². The summed E-state index contributed by atoms with van der Waals surface area (Å²) in [4.78, 5) is 7.06. The number of anilines is 1. The fourth-order valence-corrected chi connectivity index (χ4v) is 4.05. The number of nitrogens with one attached hydrogen (secondary N) is 1. The van der Waals surface area contributed by atoms with E-state index in [1.54, 1.807) is 14.2 Å². The highest BCUT2D eigenvalue weighted by molar-refractivity contribution is 14.0. The molecule has 6 nitrogen and oxygen atoms in total. The maximum Gasteiger partial charge on any atom is 0.193 e. The van der Waals surface area contributed by atoms with Crippen molar-refractivity contribution in [2.45, 2.75) is 51.2 Å². The van der Waals surface area contributed by atoms with E-state index in [4.69, 9.17) is 15.2 Å². The molecule has 1 saturated carbocycles. The van der Waals surface area contributed by atoms with Gasteiger partial charge >= 0.3 is 0 Å². The number of guanidine groups is 1. The van der Waals surface area contributed by atoms with Crippen LogP contribution in [0, 0.1) is 0 Å². The summed E-state index contributed by atoms with van der Waals surface area (Å²) in [6.45, 7) is 1.47. The Kier molecular flexibility index (Phi) is 10.4. The van der Waals surface area contributed by atoms with Crippen molar-refractivity contribution >= 4 is 35.6 Å². The van der Waals surface area contributed by atoms with E-state index >= 15 is 0 Å². The first-order valence-corrected chi connectivity index (χ1v) is 10.7. The predicted octanol–water partition coefficient (Wildman–Crippen LogP) is 5.01. The van der Waals surface area contributed by atoms with Crippen molar-refractivity contribution in [1.82, 2.24) is 4.90 Å². The fourth-order valence-electron chi connectivity index (χ4n) is 4.05. The quantitative estimate of drug-likeness (QED) is 0.281. The minimum Gasteiger partial charge on any atom is -0.497 e. The summed E-state index contributed by atoms with van der Waals surface area (Å²) in [5, 5.41) is 3.13. The molecule has 3 rings (SSSR count). The molecule has 3 N–H and O–H groups in total. The molecule has 7 heteroatoms. The average molecular weight is 538 g/mol. The molecule has 0 bridgehead atoms. The minimum atomic E-state index is 0. The summed E-state index contributed by atoms with van der Waals surface area (Å²) >= 11 is 0. The highest BCUT2D eigenvalue weighted by atomic mass is 127. The highest BCUT2D eigenvalue weighted by Crippen LogP contribution is 2.29. The van der Waals surface area contributed by atoms with Crippen molar-refractivity contribution in [2.24, 2.45) is 10.7 Å². The van der Waals surface area contributed by atoms with Gasteiger partial charge < -0.3 is 20.5 Å². The number of benzene rings is 2. The number of rotatable bonds is 8. The van der Waals surface area contributed by atoms with Crippen molar-refractivity contribution in [3.05, 3.63) is 53.6 Å². The molecule has 0 aromatic heterocycles. The van der Waals surface area contributed by atoms with Gasteiger partial charge in [0.05, 0.1) is 26.5 Å². The molecule has 0 atom stereocenters. The molecule has 170 valence electrons. The molecule has 2 aromatic rings. The maximum atomic E-state index is 6.17. The molecule has 0 amide bonds. The Morgan fingerprint density at radius 1 is 1.06 bits per heavy atom. The zero-order valence-electron chi connectivity index (χ0n) is 18.8. The topological polar surface area (TPSA) is 72.1 Å². The monoisotopic (exact) mass is 538 g/mol. The second-order valence-corrected chi connectivity index (χ2v) is 7.87. The molecule has 0 unspecified atom stereocenters. The summed E-state index contributed by atoms with van der Waals surface area (Å²) in [5.74, 6) is 1.75. The van der Waals surface area contributed by atoms with E-state index in [-0.39, 0.29) is 24.0 Å². The van der Waals surface area contributed by atoms with E-state index < -0.39 is 0 Å². The van der Waals surface area contributed by atoms with Crippen molar-refractivity contribution in [2.75, 3.05) is 26.6 Å². The molecule has 1 fully saturated rings. The largest absolute Gasteiger partial charge is 0.497 e. The summed E-state index contributed by atoms with van der Waals surface area (Å²) in [6.07, 6.45) is 6.67. The van der Waals surface area contributed by atoms with Crippen LogP contribution in [0.2, 0.25) is 0 Å². The first-order chi connectivity index (χ1) is 14.6. The average Bonchev–Trinajstić information content (AvgIpc) is 2.79. The number of aliphatic imine (C=N–C) groups is 1. The normalized spacial score (nSPS) is 14.8. The highest BCUT2D eigenvalue weighted by Gasteiger charge is 2.18. The SMILES string of the molecule is COc1ccc(OC)c(NC(N)=NCc2ccccc2CN(C)C2CCCCC2)c1.I. The van der Waals surface area contributed by atoms with E-state index in [9.17, 15) is 0 Å². The number of ether oxygens (including phenoxy) is 2. The Bertz CT molecular complexity index is 853. The molecule has 0 radical (unpaired) electrons. The number of halogens is 1. The van der Waals surface area contributed by atoms with Crippen LogP contribution in [0.5, 0.6) is 11.5 Å². The second-order valence-electron chi connectivity index (χ2n) is 7.87. The molecule has 0 heterocycles. The number of hydrogen-bond acceptors (Lipinski definition) is 4. The van der Waals surface area contributed by atoms with Crippen molar-refractivity contribution in [1.29, 1.82) is 0 Å². The van der Waals surface area contributed by atoms with Gasteiger partial charge in [-0.05, 0) is 43.1 Å². The lowest BCUT2D eigenvalue weighted by atomic mass is 9.94. The van der Waals surface area contributed by atoms with E-state index in [2.05, 4.69) is 46.5 Å². The van der Waals surface area contributed by atoms with Crippen molar-refractivity contribution < 1.29 is 9.47 Å². The smallest absolute Gasteiger partial charge is 0.193 e. The summed E-state index contributed by atoms with van der Waals surface area (Å²) in [5.41, 5.74) is 9.40. The molecular formula is C24H35IN4O2. The van der Waals surface area contributed by atoms with Gasteiger partial charge in [0.1, 0.15) is 11.5 Å². The lowest BCUT2D eigenvalue weighted by Crippen LogP contribution is -2.33. The molecule has 2 aromatic carbocycles. The summed E-state index contributed by atoms with van der Waals surface area (Å²) in [7, 11) is 5.49. The third-order valence-electron chi connectivity index (χ3n) is 5.83. The zero-order chi connectivity index (χ0) is 21.3. The van der Waals surface area contributed by atoms with Crippen molar-refractivity contribution in [3.8, 4) is 11.5 Å². The molecule has 0 aliphatic heterocycles. The number of hydrogen-bond donors (Lipinski definition) is 2. The zero-order valence-corrected chi connectivity index (χ0v) is 21.1. The Labute approximate surface area is 203 Å². The Hall–Kier alpha value is -2.00. The van der Waals surface area contributed by atoms with E-state index in [1.165, 1.54) is 43.2 Å². The van der Waals surface area contributed by atoms with Crippen LogP contribution in [0.25, 0.3) is 0 Å². The van der Waals surface area contributed by atoms with Crippen LogP contribution >= 0.6 is 24.0 Å². The predicted molar refractivity (Wildman–Crippen MR) is 139 cm³/mol. The molecule has 1 aliphatic carbocycles. The van der Waals surface area contributed by atoms with Gasteiger partial charge in [-0.15, -0.1) is 24.0 Å². The molecular weight excluding hydrogens is 503 g/mol. The summed E-state index contributed by atoms with van der Waals surface area (Å²) < 4.78 is 10.7. The van der Waals surface area contributed by atoms with E-state index in [1.807, 2.05) is 18.2 Å². The standard InChI is InChI=1S/C24H34N4O2.HI/c1-28(20-11-5-4-6-12-20)17-19-10-8-7-9-18(19)16-26-24(25)27-22-15-21(29-2)13-14-23(22)30-3;/h7-10,13-15,20H,4-6,11-12,16-17H2,1-3H3,(H3,25,26,27);1H.